The molecule has 0 saturated heterocycles. The predicted molar refractivity (Wildman–Crippen MR) is 267 cm³/mol. The first kappa shape index (κ1) is 83.8. The number of nitrogens with zero attached hydrogens (tertiary/aromatic N) is 3. The third-order valence-electron chi connectivity index (χ3n) is 14.9. The molecular weight excluding hydrogens is 1230 g/mol. The Balaban J connectivity index is 0. The maximum atomic E-state index is 13.0. The molecule has 0 spiro atoms. The van der Waals surface area contributed by atoms with Crippen LogP contribution in [0.15, 0.2) is 0 Å². The van der Waals surface area contributed by atoms with Gasteiger partial charge >= 0.3 is 73.3 Å². The van der Waals surface area contributed by atoms with Crippen LogP contribution < -0.4 is 0 Å². The second-order valence-electron chi connectivity index (χ2n) is 21.3. The fraction of sp³-hybridized carbons (Fsp3) is 0.904. The number of amides is 1. The molecule has 0 aromatic heterocycles. The first-order chi connectivity index (χ1) is 39.1. The fourth-order valence-electron chi connectivity index (χ4n) is 10.5. The Bertz CT molecular complexity index is 1910. The zero-order valence-electron chi connectivity index (χ0n) is 48.0. The third-order valence-corrected chi connectivity index (χ3v) is 14.9. The Labute approximate surface area is 484 Å². The van der Waals surface area contributed by atoms with E-state index >= 15 is 0 Å². The van der Waals surface area contributed by atoms with Crippen LogP contribution in [0.3, 0.4) is 0 Å². The molecule has 2 unspecified atom stereocenters. The summed E-state index contributed by atoms with van der Waals surface area (Å²) >= 11 is 0. The van der Waals surface area contributed by atoms with Gasteiger partial charge in [0.2, 0.25) is 5.54 Å². The zero-order chi connectivity index (χ0) is 67.3. The predicted octanol–water partition coefficient (Wildman–Crippen LogP) is 16.3. The van der Waals surface area contributed by atoms with Gasteiger partial charge in [0.15, 0.2) is 0 Å². The van der Waals surface area contributed by atoms with E-state index < -0.39 is 120 Å². The Kier molecular flexibility index (Phi) is 36.7. The van der Waals surface area contributed by atoms with Crippen LogP contribution in [0.5, 0.6) is 0 Å². The Hall–Kier alpha value is -4.24. The smallest absolute Gasteiger partial charge is 0.471 e. The number of alkyl halides is 21. The maximum absolute atomic E-state index is 13.0. The molecule has 86 heavy (non-hydrogen) atoms. The molecule has 2 saturated carbocycles. The average Bonchev–Trinajstić information content (AvgIpc) is 0.981. The van der Waals surface area contributed by atoms with E-state index in [4.69, 9.17) is 20.4 Å². The van der Waals surface area contributed by atoms with Crippen molar-refractivity contribution in [3.05, 3.63) is 0 Å². The summed E-state index contributed by atoms with van der Waals surface area (Å²) in [4.78, 5) is 52.6. The van der Waals surface area contributed by atoms with E-state index in [1.54, 1.807) is 0 Å². The Morgan fingerprint density at radius 2 is 0.721 bits per heavy atom. The van der Waals surface area contributed by atoms with Crippen LogP contribution in [0.2, 0.25) is 0 Å². The summed E-state index contributed by atoms with van der Waals surface area (Å²) in [6.07, 6.45) is -31.5. The van der Waals surface area contributed by atoms with E-state index in [2.05, 4.69) is 4.74 Å². The van der Waals surface area contributed by atoms with E-state index in [0.717, 1.165) is 57.5 Å². The molecule has 0 bridgehead atoms. The lowest BCUT2D eigenvalue weighted by molar-refractivity contribution is -0.390. The molecule has 4 N–H and O–H groups in total. The van der Waals surface area contributed by atoms with Crippen molar-refractivity contribution < 1.29 is 141 Å². The SMILES string of the molecule is CN(C(=O)C(F)(F)F)C(CCCCC(=O)O)C1CCCCC1.CN(C)C(CCCCCCC(=O)O)(C(F)(F)F)C(F)(F)F.COC(CCCCCCC(=O)O)(C(F)(F)F)C(F)(F)F.O=C(O)CCCCC(C1CCCCC1)N(C(F)(F)F)C(F)(F)F. The highest BCUT2D eigenvalue weighted by Crippen LogP contribution is 2.51. The largest absolute Gasteiger partial charge is 0.481 e. The van der Waals surface area contributed by atoms with Crippen molar-refractivity contribution >= 4 is 29.8 Å². The molecule has 2 atom stereocenters. The minimum absolute atomic E-state index is 0.00825. The van der Waals surface area contributed by atoms with Gasteiger partial charge in [0.25, 0.3) is 5.60 Å². The number of unbranched alkanes of at least 4 members (excludes halogenated alkanes) is 8. The molecule has 2 aliphatic carbocycles. The first-order valence-corrected chi connectivity index (χ1v) is 27.7. The number of carbonyl (C=O) groups is 5. The van der Waals surface area contributed by atoms with Crippen LogP contribution in [0.25, 0.3) is 0 Å². The minimum Gasteiger partial charge on any atom is -0.481 e. The van der Waals surface area contributed by atoms with Gasteiger partial charge < -0.3 is 30.1 Å². The van der Waals surface area contributed by atoms with E-state index in [1.807, 2.05) is 0 Å². The standard InChI is InChI=1S/C15H24F3NO3.C14H21F6NO2.C12H19F6NO2.C11H16F6O3/c1-19(14(22)15(16,17)18)12(9-5-6-10-13(20)21)11-7-3-2-4-8-11;15-13(16,17)21(14(18,19)20)11(8-4-5-9-12(22)23)10-6-2-1-3-7-10;1-19(2)10(11(13,14)15,12(16,17)18)8-6-4-3-5-7-9(20)21;1-20-9(10(12,13)14,11(15,16)17)7-5-3-2-4-6-8(18)19/h11-12H,2-10H2,1H3,(H,20,21);10-11H,1-9H2,(H,22,23);3-8H2,1-2H3,(H,20,21);2-7H2,1H3,(H,18,19). The third kappa shape index (κ3) is 29.8. The minimum atomic E-state index is -5.55. The molecule has 2 fully saturated rings. The molecule has 0 aliphatic heterocycles. The van der Waals surface area contributed by atoms with Gasteiger partial charge in [-0.25, -0.2) is 0 Å². The van der Waals surface area contributed by atoms with Crippen molar-refractivity contribution in [2.75, 3.05) is 28.3 Å². The molecule has 0 heterocycles. The second-order valence-corrected chi connectivity index (χ2v) is 21.3. The molecule has 13 nitrogen and oxygen atoms in total. The molecule has 510 valence electrons. The number of hydrogen-bond acceptors (Lipinski definition) is 8. The van der Waals surface area contributed by atoms with Crippen LogP contribution in [0, 0.1) is 11.8 Å². The Morgan fingerprint density at radius 1 is 0.419 bits per heavy atom. The highest BCUT2D eigenvalue weighted by molar-refractivity contribution is 5.82. The first-order valence-electron chi connectivity index (χ1n) is 27.7. The summed E-state index contributed by atoms with van der Waals surface area (Å²) < 4.78 is 273. The summed E-state index contributed by atoms with van der Waals surface area (Å²) in [5, 5.41) is 33.9. The van der Waals surface area contributed by atoms with Gasteiger partial charge in [0.1, 0.15) is 0 Å². The highest BCUT2D eigenvalue weighted by atomic mass is 19.4. The maximum Gasteiger partial charge on any atom is 0.471 e. The molecule has 2 aliphatic rings. The highest BCUT2D eigenvalue weighted by Gasteiger charge is 2.72. The molecular formula is C52H80F21N3O10. The number of carboxylic acids is 4. The summed E-state index contributed by atoms with van der Waals surface area (Å²) in [5.74, 6) is -6.50. The number of carboxylic acid groups (broad SMARTS) is 4. The monoisotopic (exact) mass is 1310 g/mol. The topological polar surface area (TPSA) is 185 Å². The Morgan fingerprint density at radius 3 is 1.00 bits per heavy atom. The van der Waals surface area contributed by atoms with Crippen LogP contribution >= 0.6 is 0 Å². The molecule has 0 aromatic carbocycles. The van der Waals surface area contributed by atoms with Crippen molar-refractivity contribution in [3.63, 3.8) is 0 Å². The van der Waals surface area contributed by atoms with Crippen LogP contribution in [-0.4, -0.2) is 160 Å². The second kappa shape index (κ2) is 37.7. The fourth-order valence-corrected chi connectivity index (χ4v) is 10.5. The molecule has 2 rings (SSSR count). The zero-order valence-corrected chi connectivity index (χ0v) is 48.0. The average molecular weight is 1310 g/mol. The number of hydrogen-bond donors (Lipinski definition) is 4. The summed E-state index contributed by atoms with van der Waals surface area (Å²) in [6, 6.07) is -2.13. The number of halogens is 21. The van der Waals surface area contributed by atoms with Crippen molar-refractivity contribution in [1.82, 2.24) is 14.7 Å². The van der Waals surface area contributed by atoms with Gasteiger partial charge in [0.05, 0.1) is 0 Å². The van der Waals surface area contributed by atoms with Crippen LogP contribution in [-0.2, 0) is 28.7 Å². The number of ether oxygens (including phenoxy) is 1. The number of aliphatic carboxylic acids is 4. The van der Waals surface area contributed by atoms with Gasteiger partial charge in [-0.2, -0.15) is 92.2 Å². The van der Waals surface area contributed by atoms with Crippen molar-refractivity contribution in [2.45, 2.75) is 259 Å². The lowest BCUT2D eigenvalue weighted by Gasteiger charge is -2.42. The van der Waals surface area contributed by atoms with Gasteiger partial charge in [-0.15, -0.1) is 4.90 Å². The summed E-state index contributed by atoms with van der Waals surface area (Å²) in [5.41, 5.74) is -8.03. The lowest BCUT2D eigenvalue weighted by atomic mass is 9.81. The van der Waals surface area contributed by atoms with Crippen LogP contribution in [0.4, 0.5) is 92.2 Å². The van der Waals surface area contributed by atoms with Crippen LogP contribution in [0.1, 0.15) is 193 Å². The lowest BCUT2D eigenvalue weighted by Crippen LogP contribution is -2.65. The van der Waals surface area contributed by atoms with Gasteiger partial charge in [-0.1, -0.05) is 83.5 Å². The van der Waals surface area contributed by atoms with Gasteiger partial charge in [-0.3, -0.25) is 28.9 Å². The number of rotatable bonds is 30. The number of carbonyl (C=O) groups excluding carboxylic acids is 1. The van der Waals surface area contributed by atoms with Gasteiger partial charge in [0, 0.05) is 51.9 Å². The normalized spacial score (nSPS) is 16.2. The van der Waals surface area contributed by atoms with E-state index in [1.165, 1.54) is 7.05 Å². The molecule has 1 amide bonds. The van der Waals surface area contributed by atoms with E-state index in [0.29, 0.717) is 52.1 Å². The van der Waals surface area contributed by atoms with Gasteiger partial charge in [-0.05, 0) is 109 Å². The van der Waals surface area contributed by atoms with E-state index in [-0.39, 0.29) is 107 Å². The summed E-state index contributed by atoms with van der Waals surface area (Å²) in [6.45, 7) is 0. The van der Waals surface area contributed by atoms with Crippen molar-refractivity contribution in [3.8, 4) is 0 Å². The van der Waals surface area contributed by atoms with Crippen molar-refractivity contribution in [1.29, 1.82) is 0 Å². The molecule has 0 radical (unpaired) electrons. The number of methoxy groups -OCH3 is 1. The molecule has 0 aromatic rings. The molecule has 34 heteroatoms. The van der Waals surface area contributed by atoms with E-state index in [9.17, 15) is 116 Å². The summed E-state index contributed by atoms with van der Waals surface area (Å²) in [7, 11) is 3.11. The van der Waals surface area contributed by atoms with Crippen molar-refractivity contribution in [2.24, 2.45) is 11.8 Å². The quantitative estimate of drug-likeness (QED) is 0.0304.